The fraction of sp³-hybridized carbons (Fsp3) is 0.682. The smallest absolute Gasteiger partial charge is 0.314 e. The minimum absolute atomic E-state index is 0.00149. The molecule has 0 amide bonds. The molecule has 1 atom stereocenters. The molecule has 1 unspecified atom stereocenters. The van der Waals surface area contributed by atoms with Gasteiger partial charge in [0.1, 0.15) is 5.75 Å². The van der Waals surface area contributed by atoms with Crippen LogP contribution in [0.2, 0.25) is 0 Å². The summed E-state index contributed by atoms with van der Waals surface area (Å²) in [7, 11) is 0. The lowest BCUT2D eigenvalue weighted by atomic mass is 9.77. The number of benzene rings is 1. The van der Waals surface area contributed by atoms with Crippen LogP contribution in [0.4, 0.5) is 0 Å². The van der Waals surface area contributed by atoms with Crippen LogP contribution in [-0.2, 0) is 17.6 Å². The molecule has 0 saturated heterocycles. The molecule has 0 spiro atoms. The maximum Gasteiger partial charge on any atom is 0.314 e. The van der Waals surface area contributed by atoms with Crippen molar-refractivity contribution in [2.75, 3.05) is 0 Å². The van der Waals surface area contributed by atoms with Crippen molar-refractivity contribution in [1.82, 2.24) is 0 Å². The Labute approximate surface area is 147 Å². The van der Waals surface area contributed by atoms with Crippen molar-refractivity contribution in [3.63, 3.8) is 0 Å². The Morgan fingerprint density at radius 3 is 2.50 bits per heavy atom. The fourth-order valence-electron chi connectivity index (χ4n) is 4.43. The molecule has 3 rings (SSSR count). The largest absolute Gasteiger partial charge is 0.426 e. The molecule has 1 fully saturated rings. The number of ether oxygens (including phenoxy) is 1. The van der Waals surface area contributed by atoms with E-state index >= 15 is 0 Å². The van der Waals surface area contributed by atoms with Crippen LogP contribution in [0.1, 0.15) is 76.3 Å². The SMILES string of the molecule is CCCc1ccc2c(c1)OC(=O)C(CCC1CCC(CC)CC1)C2. The number of aryl methyl sites for hydroxylation is 1. The second kappa shape index (κ2) is 8.18. The van der Waals surface area contributed by atoms with Crippen molar-refractivity contribution >= 4 is 5.97 Å². The number of hydrogen-bond acceptors (Lipinski definition) is 2. The van der Waals surface area contributed by atoms with Crippen LogP contribution >= 0.6 is 0 Å². The minimum atomic E-state index is -0.00149. The molecule has 1 aliphatic carbocycles. The summed E-state index contributed by atoms with van der Waals surface area (Å²) in [5.41, 5.74) is 2.49. The third-order valence-electron chi connectivity index (χ3n) is 6.15. The normalized spacial score (nSPS) is 26.8. The summed E-state index contributed by atoms with van der Waals surface area (Å²) in [5.74, 6) is 2.65. The average molecular weight is 328 g/mol. The summed E-state index contributed by atoms with van der Waals surface area (Å²) in [5, 5.41) is 0. The average Bonchev–Trinajstić information content (AvgIpc) is 2.60. The second-order valence-electron chi connectivity index (χ2n) is 7.89. The molecule has 0 N–H and O–H groups in total. The van der Waals surface area contributed by atoms with Gasteiger partial charge in [-0.15, -0.1) is 0 Å². The summed E-state index contributed by atoms with van der Waals surface area (Å²) in [4.78, 5) is 12.4. The second-order valence-corrected chi connectivity index (χ2v) is 7.89. The van der Waals surface area contributed by atoms with Gasteiger partial charge in [0, 0.05) is 0 Å². The Bertz CT molecular complexity index is 555. The van der Waals surface area contributed by atoms with Crippen LogP contribution in [0.25, 0.3) is 0 Å². The molecule has 0 bridgehead atoms. The molecule has 2 nitrogen and oxygen atoms in total. The highest BCUT2D eigenvalue weighted by atomic mass is 16.5. The Morgan fingerprint density at radius 2 is 1.79 bits per heavy atom. The lowest BCUT2D eigenvalue weighted by Gasteiger charge is -2.29. The van der Waals surface area contributed by atoms with Crippen LogP contribution in [0.3, 0.4) is 0 Å². The molecule has 132 valence electrons. The van der Waals surface area contributed by atoms with Crippen LogP contribution in [0.15, 0.2) is 18.2 Å². The van der Waals surface area contributed by atoms with Gasteiger partial charge in [0.05, 0.1) is 5.92 Å². The standard InChI is InChI=1S/C22H32O2/c1-3-5-18-11-12-19-15-20(22(23)24-21(19)14-18)13-10-17-8-6-16(4-2)7-9-17/h11-12,14,16-17,20H,3-10,13,15H2,1-2H3. The van der Waals surface area contributed by atoms with Crippen molar-refractivity contribution < 1.29 is 9.53 Å². The highest BCUT2D eigenvalue weighted by Gasteiger charge is 2.29. The van der Waals surface area contributed by atoms with Crippen LogP contribution in [-0.4, -0.2) is 5.97 Å². The molecule has 1 aromatic rings. The van der Waals surface area contributed by atoms with E-state index in [1.54, 1.807) is 0 Å². The zero-order valence-corrected chi connectivity index (χ0v) is 15.4. The monoisotopic (exact) mass is 328 g/mol. The van der Waals surface area contributed by atoms with Gasteiger partial charge in [0.2, 0.25) is 0 Å². The summed E-state index contributed by atoms with van der Waals surface area (Å²) in [6.45, 7) is 4.49. The Morgan fingerprint density at radius 1 is 1.04 bits per heavy atom. The predicted octanol–water partition coefficient (Wildman–Crippen LogP) is 5.71. The molecule has 2 heteroatoms. The maximum absolute atomic E-state index is 12.4. The van der Waals surface area contributed by atoms with E-state index in [0.29, 0.717) is 0 Å². The van der Waals surface area contributed by atoms with Crippen molar-refractivity contribution in [1.29, 1.82) is 0 Å². The topological polar surface area (TPSA) is 26.3 Å². The molecule has 1 saturated carbocycles. The van der Waals surface area contributed by atoms with Gasteiger partial charge in [-0.05, 0) is 54.7 Å². The van der Waals surface area contributed by atoms with E-state index in [1.165, 1.54) is 49.7 Å². The molecule has 24 heavy (non-hydrogen) atoms. The molecular formula is C22H32O2. The molecule has 1 aromatic carbocycles. The quantitative estimate of drug-likeness (QED) is 0.493. The Kier molecular flexibility index (Phi) is 5.97. The van der Waals surface area contributed by atoms with Gasteiger partial charge >= 0.3 is 5.97 Å². The van der Waals surface area contributed by atoms with E-state index < -0.39 is 0 Å². The number of carbonyl (C=O) groups excluding carboxylic acids is 1. The summed E-state index contributed by atoms with van der Waals surface area (Å²) in [6.07, 6.45) is 12.1. The highest BCUT2D eigenvalue weighted by Crippen LogP contribution is 2.36. The first kappa shape index (κ1) is 17.5. The van der Waals surface area contributed by atoms with E-state index in [-0.39, 0.29) is 11.9 Å². The molecule has 1 heterocycles. The van der Waals surface area contributed by atoms with Gasteiger partial charge in [0.25, 0.3) is 0 Å². The van der Waals surface area contributed by atoms with E-state index in [0.717, 1.165) is 43.3 Å². The molecule has 0 aromatic heterocycles. The van der Waals surface area contributed by atoms with Crippen molar-refractivity contribution in [3.05, 3.63) is 29.3 Å². The molecule has 2 aliphatic rings. The zero-order chi connectivity index (χ0) is 16.9. The zero-order valence-electron chi connectivity index (χ0n) is 15.4. The van der Waals surface area contributed by atoms with Gasteiger partial charge in [0.15, 0.2) is 0 Å². The van der Waals surface area contributed by atoms with E-state index in [1.807, 2.05) is 0 Å². The van der Waals surface area contributed by atoms with Crippen molar-refractivity contribution in [2.45, 2.75) is 78.1 Å². The summed E-state index contributed by atoms with van der Waals surface area (Å²) in [6, 6.07) is 6.44. The predicted molar refractivity (Wildman–Crippen MR) is 98.2 cm³/mol. The third-order valence-corrected chi connectivity index (χ3v) is 6.15. The van der Waals surface area contributed by atoms with Gasteiger partial charge in [-0.2, -0.15) is 0 Å². The van der Waals surface area contributed by atoms with Gasteiger partial charge in [-0.3, -0.25) is 4.79 Å². The number of hydrogen-bond donors (Lipinski definition) is 0. The van der Waals surface area contributed by atoms with Crippen LogP contribution < -0.4 is 4.74 Å². The lowest BCUT2D eigenvalue weighted by Crippen LogP contribution is -2.28. The Hall–Kier alpha value is -1.31. The molecule has 0 radical (unpaired) electrons. The highest BCUT2D eigenvalue weighted by molar-refractivity contribution is 5.78. The number of rotatable bonds is 6. The van der Waals surface area contributed by atoms with Gasteiger partial charge < -0.3 is 4.74 Å². The number of fused-ring (bicyclic) bond motifs is 1. The first-order valence-electron chi connectivity index (χ1n) is 10.0. The first-order valence-corrected chi connectivity index (χ1v) is 10.0. The van der Waals surface area contributed by atoms with Gasteiger partial charge in [-0.25, -0.2) is 0 Å². The Balaban J connectivity index is 1.53. The summed E-state index contributed by atoms with van der Waals surface area (Å²) >= 11 is 0. The van der Waals surface area contributed by atoms with E-state index in [4.69, 9.17) is 4.74 Å². The fourth-order valence-corrected chi connectivity index (χ4v) is 4.43. The van der Waals surface area contributed by atoms with Crippen molar-refractivity contribution in [3.8, 4) is 5.75 Å². The molecular weight excluding hydrogens is 296 g/mol. The van der Waals surface area contributed by atoms with Gasteiger partial charge in [-0.1, -0.05) is 64.5 Å². The number of esters is 1. The summed E-state index contributed by atoms with van der Waals surface area (Å²) < 4.78 is 5.67. The first-order chi connectivity index (χ1) is 11.7. The molecule has 1 aliphatic heterocycles. The third kappa shape index (κ3) is 4.20. The lowest BCUT2D eigenvalue weighted by molar-refractivity contribution is -0.140. The van der Waals surface area contributed by atoms with E-state index in [2.05, 4.69) is 32.0 Å². The maximum atomic E-state index is 12.4. The minimum Gasteiger partial charge on any atom is -0.426 e. The number of carbonyl (C=O) groups is 1. The van der Waals surface area contributed by atoms with Crippen LogP contribution in [0.5, 0.6) is 5.75 Å². The van der Waals surface area contributed by atoms with E-state index in [9.17, 15) is 4.79 Å². The van der Waals surface area contributed by atoms with Crippen LogP contribution in [0, 0.1) is 17.8 Å². The van der Waals surface area contributed by atoms with Crippen molar-refractivity contribution in [2.24, 2.45) is 17.8 Å².